The van der Waals surface area contributed by atoms with Crippen LogP contribution < -0.4 is 10.1 Å². The lowest BCUT2D eigenvalue weighted by molar-refractivity contribution is 0.0946. The van der Waals surface area contributed by atoms with Crippen molar-refractivity contribution in [2.75, 3.05) is 13.2 Å². The maximum absolute atomic E-state index is 12.2. The second-order valence-electron chi connectivity index (χ2n) is 5.97. The fraction of sp³-hybridized carbons (Fsp3) is 0.353. The number of ether oxygens (including phenoxy) is 1. The largest absolute Gasteiger partial charge is 0.478 e. The number of carbonyl (C=O) groups is 1. The van der Waals surface area contributed by atoms with Gasteiger partial charge in [-0.1, -0.05) is 11.6 Å². The second-order valence-corrected chi connectivity index (χ2v) is 6.41. The summed E-state index contributed by atoms with van der Waals surface area (Å²) in [6.45, 7) is 2.71. The number of nitrogens with zero attached hydrogens (tertiary/aromatic N) is 4. The zero-order valence-corrected chi connectivity index (χ0v) is 14.4. The predicted molar refractivity (Wildman–Crippen MR) is 94.0 cm³/mol. The number of fused-ring (bicyclic) bond motifs is 2. The van der Waals surface area contributed by atoms with Gasteiger partial charge in [0.15, 0.2) is 5.69 Å². The Morgan fingerprint density at radius 2 is 2.28 bits per heavy atom. The molecule has 0 atom stereocenters. The molecule has 0 radical (unpaired) electrons. The van der Waals surface area contributed by atoms with Crippen LogP contribution in [0, 0.1) is 0 Å². The molecule has 7 nitrogen and oxygen atoms in total. The number of nitrogens with one attached hydrogen (secondary N) is 1. The van der Waals surface area contributed by atoms with E-state index in [0.717, 1.165) is 30.3 Å². The van der Waals surface area contributed by atoms with Gasteiger partial charge in [0.2, 0.25) is 5.88 Å². The number of hydrogen-bond acceptors (Lipinski definition) is 4. The zero-order valence-electron chi connectivity index (χ0n) is 13.6. The molecule has 0 saturated carbocycles. The summed E-state index contributed by atoms with van der Waals surface area (Å²) in [6, 6.07) is 7.39. The lowest BCUT2D eigenvalue weighted by Crippen LogP contribution is -2.26. The summed E-state index contributed by atoms with van der Waals surface area (Å²) < 4.78 is 9.11. The fourth-order valence-corrected chi connectivity index (χ4v) is 3.09. The number of hydrogen-bond donors (Lipinski definition) is 1. The van der Waals surface area contributed by atoms with Gasteiger partial charge < -0.3 is 10.1 Å². The van der Waals surface area contributed by atoms with Gasteiger partial charge in [0.05, 0.1) is 18.3 Å². The number of halogens is 1. The van der Waals surface area contributed by atoms with E-state index in [1.54, 1.807) is 10.7 Å². The Kier molecular flexibility index (Phi) is 4.31. The SMILES string of the molecule is O=C(NCCCn1ncc2ccc(Cl)cc21)c1cc2n(n1)CCCO2. The van der Waals surface area contributed by atoms with E-state index in [9.17, 15) is 4.79 Å². The highest BCUT2D eigenvalue weighted by molar-refractivity contribution is 6.31. The zero-order chi connectivity index (χ0) is 17.2. The molecule has 3 aromatic rings. The Morgan fingerprint density at radius 3 is 3.16 bits per heavy atom. The summed E-state index contributed by atoms with van der Waals surface area (Å²) in [7, 11) is 0. The molecule has 1 N–H and O–H groups in total. The van der Waals surface area contributed by atoms with Crippen LogP contribution in [0.1, 0.15) is 23.3 Å². The van der Waals surface area contributed by atoms with Gasteiger partial charge >= 0.3 is 0 Å². The Labute approximate surface area is 149 Å². The Hall–Kier alpha value is -2.54. The molecule has 0 bridgehead atoms. The summed E-state index contributed by atoms with van der Waals surface area (Å²) in [6.07, 6.45) is 3.50. The number of amides is 1. The van der Waals surface area contributed by atoms with E-state index in [2.05, 4.69) is 15.5 Å². The van der Waals surface area contributed by atoms with Crippen molar-refractivity contribution in [2.45, 2.75) is 25.9 Å². The lowest BCUT2D eigenvalue weighted by atomic mass is 10.2. The summed E-state index contributed by atoms with van der Waals surface area (Å²) in [5.41, 5.74) is 1.39. The first-order chi connectivity index (χ1) is 12.2. The fourth-order valence-electron chi connectivity index (χ4n) is 2.92. The van der Waals surface area contributed by atoms with Crippen LogP contribution >= 0.6 is 11.6 Å². The smallest absolute Gasteiger partial charge is 0.271 e. The van der Waals surface area contributed by atoms with Gasteiger partial charge in [0.25, 0.3) is 5.91 Å². The summed E-state index contributed by atoms with van der Waals surface area (Å²) in [5, 5.41) is 13.3. The monoisotopic (exact) mass is 359 g/mol. The lowest BCUT2D eigenvalue weighted by Gasteiger charge is -2.13. The van der Waals surface area contributed by atoms with E-state index in [4.69, 9.17) is 16.3 Å². The summed E-state index contributed by atoms with van der Waals surface area (Å²) in [5.74, 6) is 0.482. The quantitative estimate of drug-likeness (QED) is 0.710. The van der Waals surface area contributed by atoms with Crippen LogP contribution in [0.5, 0.6) is 5.88 Å². The second kappa shape index (κ2) is 6.76. The van der Waals surface area contributed by atoms with Gasteiger partial charge in [-0.05, 0) is 24.6 Å². The predicted octanol–water partition coefficient (Wildman–Crippen LogP) is 2.49. The van der Waals surface area contributed by atoms with Gasteiger partial charge in [-0.15, -0.1) is 0 Å². The van der Waals surface area contributed by atoms with E-state index >= 15 is 0 Å². The number of carbonyl (C=O) groups excluding carboxylic acids is 1. The molecule has 0 saturated heterocycles. The minimum Gasteiger partial charge on any atom is -0.478 e. The molecule has 0 unspecified atom stereocenters. The number of benzene rings is 1. The van der Waals surface area contributed by atoms with Crippen molar-refractivity contribution < 1.29 is 9.53 Å². The molecule has 8 heteroatoms. The number of aryl methyl sites for hydroxylation is 2. The van der Waals surface area contributed by atoms with E-state index in [0.29, 0.717) is 36.3 Å². The van der Waals surface area contributed by atoms with E-state index < -0.39 is 0 Å². The third-order valence-electron chi connectivity index (χ3n) is 4.18. The molecule has 25 heavy (non-hydrogen) atoms. The molecule has 4 rings (SSSR count). The Morgan fingerprint density at radius 1 is 1.36 bits per heavy atom. The van der Waals surface area contributed by atoms with Crippen LogP contribution in [0.3, 0.4) is 0 Å². The number of aromatic nitrogens is 4. The molecular weight excluding hydrogens is 342 g/mol. The summed E-state index contributed by atoms with van der Waals surface area (Å²) >= 11 is 6.04. The van der Waals surface area contributed by atoms with E-state index in [-0.39, 0.29) is 5.91 Å². The van der Waals surface area contributed by atoms with Gasteiger partial charge in [-0.2, -0.15) is 10.2 Å². The van der Waals surface area contributed by atoms with Crippen molar-refractivity contribution in [1.29, 1.82) is 0 Å². The molecule has 1 aromatic carbocycles. The van der Waals surface area contributed by atoms with Crippen LogP contribution in [0.25, 0.3) is 10.9 Å². The van der Waals surface area contributed by atoms with Crippen LogP contribution in [0.15, 0.2) is 30.5 Å². The molecule has 1 amide bonds. The average molecular weight is 360 g/mol. The van der Waals surface area contributed by atoms with Gasteiger partial charge in [0.1, 0.15) is 0 Å². The van der Waals surface area contributed by atoms with Crippen molar-refractivity contribution >= 4 is 28.4 Å². The molecule has 0 fully saturated rings. The van der Waals surface area contributed by atoms with Crippen molar-refractivity contribution in [3.8, 4) is 5.88 Å². The molecule has 0 spiro atoms. The van der Waals surface area contributed by atoms with Crippen LogP contribution in [0.4, 0.5) is 0 Å². The van der Waals surface area contributed by atoms with Crippen molar-refractivity contribution in [3.63, 3.8) is 0 Å². The van der Waals surface area contributed by atoms with Gasteiger partial charge in [0, 0.05) is 42.5 Å². The highest BCUT2D eigenvalue weighted by Crippen LogP contribution is 2.19. The Balaban J connectivity index is 1.32. The van der Waals surface area contributed by atoms with E-state index in [1.165, 1.54) is 0 Å². The van der Waals surface area contributed by atoms with Crippen molar-refractivity contribution in [2.24, 2.45) is 0 Å². The molecule has 1 aliphatic heterocycles. The molecule has 0 aliphatic carbocycles. The number of rotatable bonds is 5. The molecule has 2 aromatic heterocycles. The average Bonchev–Trinajstić information content (AvgIpc) is 3.22. The molecule has 130 valence electrons. The molecular formula is C17H18ClN5O2. The highest BCUT2D eigenvalue weighted by atomic mass is 35.5. The highest BCUT2D eigenvalue weighted by Gasteiger charge is 2.17. The van der Waals surface area contributed by atoms with Crippen LogP contribution in [0.2, 0.25) is 5.02 Å². The first-order valence-electron chi connectivity index (χ1n) is 8.30. The van der Waals surface area contributed by atoms with Gasteiger partial charge in [-0.3, -0.25) is 9.48 Å². The standard InChI is InChI=1S/C17H18ClN5O2/c18-13-4-3-12-11-20-22(15(12)9-13)6-1-5-19-17(24)14-10-16-23(21-14)7-2-8-25-16/h3-4,9-11H,1-2,5-8H2,(H,19,24). The van der Waals surface area contributed by atoms with E-state index in [1.807, 2.05) is 29.1 Å². The normalized spacial score (nSPS) is 13.5. The first-order valence-corrected chi connectivity index (χ1v) is 8.68. The topological polar surface area (TPSA) is 74.0 Å². The first kappa shape index (κ1) is 16.0. The molecule has 1 aliphatic rings. The van der Waals surface area contributed by atoms with Crippen molar-refractivity contribution in [1.82, 2.24) is 24.9 Å². The third kappa shape index (κ3) is 3.32. The molecule has 3 heterocycles. The minimum absolute atomic E-state index is 0.182. The maximum atomic E-state index is 12.2. The van der Waals surface area contributed by atoms with Crippen LogP contribution in [-0.4, -0.2) is 38.6 Å². The third-order valence-corrected chi connectivity index (χ3v) is 4.41. The van der Waals surface area contributed by atoms with Crippen molar-refractivity contribution in [3.05, 3.63) is 41.2 Å². The summed E-state index contributed by atoms with van der Waals surface area (Å²) in [4.78, 5) is 12.2. The minimum atomic E-state index is -0.182. The van der Waals surface area contributed by atoms with Gasteiger partial charge in [-0.25, -0.2) is 4.68 Å². The maximum Gasteiger partial charge on any atom is 0.271 e. The van der Waals surface area contributed by atoms with Crippen LogP contribution in [-0.2, 0) is 13.1 Å². The Bertz CT molecular complexity index is 894.